The molecule has 0 amide bonds. The van der Waals surface area contributed by atoms with E-state index < -0.39 is 5.97 Å². The molecular formula is C15H13N2NaO3. The van der Waals surface area contributed by atoms with Crippen molar-refractivity contribution in [2.24, 2.45) is 10.2 Å². The number of aromatic hydroxyl groups is 1. The van der Waals surface area contributed by atoms with Crippen molar-refractivity contribution in [3.8, 4) is 5.75 Å². The van der Waals surface area contributed by atoms with Gasteiger partial charge < -0.3 is 15.0 Å². The van der Waals surface area contributed by atoms with Crippen molar-refractivity contribution in [3.63, 3.8) is 0 Å². The zero-order chi connectivity index (χ0) is 14.5. The van der Waals surface area contributed by atoms with E-state index in [-0.39, 0.29) is 47.3 Å². The summed E-state index contributed by atoms with van der Waals surface area (Å²) in [7, 11) is 0. The Morgan fingerprint density at radius 1 is 1.14 bits per heavy atom. The minimum absolute atomic E-state index is 0. The quantitative estimate of drug-likeness (QED) is 0.604. The van der Waals surface area contributed by atoms with E-state index in [1.54, 1.807) is 6.07 Å². The number of carbonyl (C=O) groups is 1. The molecule has 0 fully saturated rings. The fourth-order valence-electron chi connectivity index (χ4n) is 1.74. The van der Waals surface area contributed by atoms with E-state index in [4.69, 9.17) is 0 Å². The van der Waals surface area contributed by atoms with Crippen molar-refractivity contribution in [2.75, 3.05) is 0 Å². The third-order valence-electron chi connectivity index (χ3n) is 2.68. The van der Waals surface area contributed by atoms with E-state index in [1.807, 2.05) is 31.2 Å². The zero-order valence-electron chi connectivity index (χ0n) is 11.9. The summed E-state index contributed by atoms with van der Waals surface area (Å²) in [6, 6.07) is 12.0. The van der Waals surface area contributed by atoms with Gasteiger partial charge in [-0.15, -0.1) is 0 Å². The van der Waals surface area contributed by atoms with Gasteiger partial charge in [-0.2, -0.15) is 10.2 Å². The Kier molecular flexibility index (Phi) is 6.55. The molecule has 0 unspecified atom stereocenters. The summed E-state index contributed by atoms with van der Waals surface area (Å²) in [6.45, 7) is 1.96. The van der Waals surface area contributed by atoms with E-state index in [0.717, 1.165) is 5.56 Å². The second-order valence-corrected chi connectivity index (χ2v) is 4.40. The summed E-state index contributed by atoms with van der Waals surface area (Å²) >= 11 is 0. The van der Waals surface area contributed by atoms with E-state index in [2.05, 4.69) is 10.2 Å². The molecule has 2 rings (SSSR count). The molecule has 0 aliphatic carbocycles. The first-order chi connectivity index (χ1) is 9.54. The predicted molar refractivity (Wildman–Crippen MR) is 72.2 cm³/mol. The molecule has 0 saturated carbocycles. The molecule has 0 aliphatic heterocycles. The first-order valence-corrected chi connectivity index (χ1v) is 6.05. The minimum atomic E-state index is -1.26. The van der Waals surface area contributed by atoms with Crippen LogP contribution in [0.25, 0.3) is 0 Å². The molecule has 0 spiro atoms. The van der Waals surface area contributed by atoms with Crippen LogP contribution in [0.1, 0.15) is 11.1 Å². The summed E-state index contributed by atoms with van der Waals surface area (Å²) < 4.78 is 0. The van der Waals surface area contributed by atoms with Crippen molar-refractivity contribution in [1.29, 1.82) is 0 Å². The zero-order valence-corrected chi connectivity index (χ0v) is 13.9. The van der Waals surface area contributed by atoms with Gasteiger partial charge in [0.25, 0.3) is 0 Å². The van der Waals surface area contributed by atoms with Gasteiger partial charge in [0, 0.05) is 18.0 Å². The van der Waals surface area contributed by atoms with E-state index in [9.17, 15) is 15.0 Å². The molecule has 0 bridgehead atoms. The second kappa shape index (κ2) is 7.93. The number of nitrogens with zero attached hydrogens (tertiary/aromatic N) is 2. The van der Waals surface area contributed by atoms with Gasteiger partial charge in [-0.05, 0) is 42.8 Å². The van der Waals surface area contributed by atoms with Crippen molar-refractivity contribution in [3.05, 3.63) is 53.6 Å². The minimum Gasteiger partial charge on any atom is -0.550 e. The van der Waals surface area contributed by atoms with Crippen LogP contribution in [0.2, 0.25) is 0 Å². The Morgan fingerprint density at radius 2 is 1.81 bits per heavy atom. The Morgan fingerprint density at radius 3 is 2.43 bits per heavy atom. The Hall–Kier alpha value is -1.69. The molecular weight excluding hydrogens is 279 g/mol. The van der Waals surface area contributed by atoms with Crippen molar-refractivity contribution in [2.45, 2.75) is 13.3 Å². The number of carboxylic acid groups (broad SMARTS) is 1. The number of benzene rings is 2. The molecule has 6 heteroatoms. The molecule has 1 N–H and O–H groups in total. The third-order valence-corrected chi connectivity index (χ3v) is 2.68. The predicted octanol–water partition coefficient (Wildman–Crippen LogP) is -0.588. The first-order valence-electron chi connectivity index (χ1n) is 6.05. The molecule has 2 aromatic rings. The van der Waals surface area contributed by atoms with Crippen LogP contribution < -0.4 is 34.7 Å². The summed E-state index contributed by atoms with van der Waals surface area (Å²) in [4.78, 5) is 10.6. The molecule has 0 aromatic heterocycles. The molecule has 0 aliphatic rings. The summed E-state index contributed by atoms with van der Waals surface area (Å²) in [6.07, 6.45) is -0.361. The molecule has 21 heavy (non-hydrogen) atoms. The largest absolute Gasteiger partial charge is 1.00 e. The fourth-order valence-corrected chi connectivity index (χ4v) is 1.74. The van der Waals surface area contributed by atoms with Crippen LogP contribution in [0.5, 0.6) is 5.75 Å². The SMILES string of the molecule is Cc1cccc(N=Nc2ccc(O)c(CC(=O)[O-])c2)c1.[Na+]. The molecule has 0 atom stereocenters. The molecule has 0 radical (unpaired) electrons. The van der Waals surface area contributed by atoms with Crippen LogP contribution in [0.15, 0.2) is 52.7 Å². The number of carbonyl (C=O) groups excluding carboxylic acids is 1. The van der Waals surface area contributed by atoms with E-state index in [1.165, 1.54) is 12.1 Å². The van der Waals surface area contributed by atoms with Gasteiger partial charge in [0.15, 0.2) is 0 Å². The number of rotatable bonds is 4. The van der Waals surface area contributed by atoms with Crippen molar-refractivity contribution < 1.29 is 44.6 Å². The number of hydrogen-bond donors (Lipinski definition) is 1. The Balaban J connectivity index is 0.00000220. The van der Waals surface area contributed by atoms with Crippen LogP contribution in [0.4, 0.5) is 11.4 Å². The van der Waals surface area contributed by atoms with Gasteiger partial charge in [-0.1, -0.05) is 12.1 Å². The van der Waals surface area contributed by atoms with Gasteiger partial charge in [0.2, 0.25) is 0 Å². The van der Waals surface area contributed by atoms with Crippen molar-refractivity contribution in [1.82, 2.24) is 0 Å². The number of aryl methyl sites for hydroxylation is 1. The standard InChI is InChI=1S/C15H14N2O3.Na/c1-10-3-2-4-12(7-10)16-17-13-5-6-14(18)11(8-13)9-15(19)20;/h2-8,18H,9H2,1H3,(H,19,20);/q;+1/p-1. The van der Waals surface area contributed by atoms with Gasteiger partial charge in [-0.3, -0.25) is 0 Å². The summed E-state index contributed by atoms with van der Waals surface area (Å²) in [5.74, 6) is -1.35. The van der Waals surface area contributed by atoms with Crippen LogP contribution in [0.3, 0.4) is 0 Å². The molecule has 5 nitrogen and oxygen atoms in total. The van der Waals surface area contributed by atoms with Gasteiger partial charge in [0.1, 0.15) is 5.75 Å². The summed E-state index contributed by atoms with van der Waals surface area (Å²) in [5, 5.41) is 28.2. The van der Waals surface area contributed by atoms with Crippen LogP contribution in [-0.4, -0.2) is 11.1 Å². The summed E-state index contributed by atoms with van der Waals surface area (Å²) in [5.41, 5.74) is 2.51. The average Bonchev–Trinajstić information content (AvgIpc) is 2.39. The smallest absolute Gasteiger partial charge is 0.550 e. The maximum Gasteiger partial charge on any atom is 1.00 e. The van der Waals surface area contributed by atoms with Crippen LogP contribution >= 0.6 is 0 Å². The second-order valence-electron chi connectivity index (χ2n) is 4.40. The molecule has 0 heterocycles. The Labute approximate surface area is 144 Å². The number of phenols is 1. The van der Waals surface area contributed by atoms with Crippen LogP contribution in [0, 0.1) is 6.92 Å². The van der Waals surface area contributed by atoms with Gasteiger partial charge in [-0.25, -0.2) is 0 Å². The number of aliphatic carboxylic acids is 1. The van der Waals surface area contributed by atoms with E-state index in [0.29, 0.717) is 11.4 Å². The number of hydrogen-bond acceptors (Lipinski definition) is 5. The first kappa shape index (κ1) is 17.4. The van der Waals surface area contributed by atoms with E-state index >= 15 is 0 Å². The van der Waals surface area contributed by atoms with Crippen molar-refractivity contribution >= 4 is 17.3 Å². The normalized spacial score (nSPS) is 10.3. The van der Waals surface area contributed by atoms with Crippen LogP contribution in [-0.2, 0) is 11.2 Å². The monoisotopic (exact) mass is 292 g/mol. The number of azo groups is 1. The average molecular weight is 292 g/mol. The molecule has 0 saturated heterocycles. The Bertz CT molecular complexity index is 672. The molecule has 2 aromatic carbocycles. The molecule has 102 valence electrons. The van der Waals surface area contributed by atoms with Gasteiger partial charge in [0.05, 0.1) is 11.4 Å². The maximum atomic E-state index is 10.6. The number of carboxylic acids is 1. The third kappa shape index (κ3) is 5.30. The maximum absolute atomic E-state index is 10.6. The van der Waals surface area contributed by atoms with Gasteiger partial charge >= 0.3 is 29.6 Å². The fraction of sp³-hybridized carbons (Fsp3) is 0.133. The topological polar surface area (TPSA) is 85.1 Å². The number of phenolic OH excluding ortho intramolecular Hbond substituents is 1.